The summed E-state index contributed by atoms with van der Waals surface area (Å²) in [5, 5.41) is 23.9. The first-order valence-corrected chi connectivity index (χ1v) is 29.2. The van der Waals surface area contributed by atoms with Gasteiger partial charge in [-0.3, -0.25) is 43.3 Å². The first-order chi connectivity index (χ1) is 40.4. The van der Waals surface area contributed by atoms with Crippen LogP contribution in [0.15, 0.2) is 140 Å². The van der Waals surface area contributed by atoms with Crippen molar-refractivity contribution in [2.24, 2.45) is 23.1 Å². The van der Waals surface area contributed by atoms with Gasteiger partial charge in [0.1, 0.15) is 42.3 Å². The van der Waals surface area contributed by atoms with Gasteiger partial charge in [0.2, 0.25) is 47.3 Å². The number of aromatic nitrogens is 2. The molecule has 14 N–H and O–H groups in total. The van der Waals surface area contributed by atoms with E-state index in [9.17, 15) is 38.4 Å². The Morgan fingerprint density at radius 2 is 1.01 bits per heavy atom. The van der Waals surface area contributed by atoms with Crippen LogP contribution in [0.1, 0.15) is 55.4 Å². The lowest BCUT2D eigenvalue weighted by Crippen LogP contribution is -2.61. The monoisotopic (exact) mass is 1180 g/mol. The second-order valence-electron chi connectivity index (χ2n) is 21.2. The number of aromatic amines is 1. The second kappa shape index (κ2) is 30.8. The van der Waals surface area contributed by atoms with Crippen LogP contribution in [0.2, 0.25) is 0 Å². The number of hydrogen-bond acceptors (Lipinski definition) is 13. The number of nitrogens with two attached hydrogens (primary N) is 3. The number of carbonyl (C=O) groups is 8. The number of hydrogen-bond donors (Lipinski definition) is 13. The average Bonchev–Trinajstić information content (AvgIpc) is 4.06. The summed E-state index contributed by atoms with van der Waals surface area (Å²) in [4.78, 5) is 120. The van der Waals surface area contributed by atoms with Gasteiger partial charge < -0.3 is 59.4 Å². The van der Waals surface area contributed by atoms with Crippen LogP contribution in [0.5, 0.6) is 0 Å². The molecule has 1 unspecified atom stereocenters. The van der Waals surface area contributed by atoms with Crippen LogP contribution >= 0.6 is 25.3 Å². The van der Waals surface area contributed by atoms with E-state index in [1.54, 1.807) is 38.4 Å². The highest BCUT2D eigenvalue weighted by Crippen LogP contribution is 2.21. The van der Waals surface area contributed by atoms with Crippen molar-refractivity contribution in [1.29, 1.82) is 0 Å². The van der Waals surface area contributed by atoms with E-state index < -0.39 is 102 Å². The maximum absolute atomic E-state index is 14.9. The minimum atomic E-state index is -1.37. The Morgan fingerprint density at radius 1 is 0.512 bits per heavy atom. The Kier molecular flexibility index (Phi) is 23.2. The lowest BCUT2D eigenvalue weighted by Gasteiger charge is -2.29. The predicted octanol–water partition coefficient (Wildman–Crippen LogP) is 2.99. The molecule has 0 aliphatic carbocycles. The molecule has 0 saturated carbocycles. The van der Waals surface area contributed by atoms with Crippen molar-refractivity contribution in [1.82, 2.24) is 47.2 Å². The maximum Gasteiger partial charge on any atom is 0.244 e. The standard InChI is InChI=1S/C62H74N12O8S2/c1-36(2)54(62(82)73-53(35-84)60(80)69-49(55(65)75)29-38-21-23-41-14-4-6-16-43(41)27-38)74-57(77)48(19-9-10-24-63)68-59(79)51(31-44-33-67-47-18-8-7-17-45(44)47)71-58(78)50(30-39-12-11-25-66-32-39)70-61(81)52(34-83)72-56(76)46(64)28-37-20-22-40-13-3-5-15-42(40)26-37/h3-8,11-18,20-23,25-27,32-33,36,46,48-54,67,83-84H,9-10,19,24,28-31,34-35,63-64H2,1-2H3,(H2,65,75)(H,68,79)(H,69,80)(H,70,81)(H,71,78)(H,72,76)(H,73,82)(H,74,77)/t46-,48-,49-,50-,51+,52+,53-,54?/m0/s1. The number of pyridine rings is 1. The Hall–Kier alpha value is -8.31. The molecule has 442 valence electrons. The van der Waals surface area contributed by atoms with E-state index in [2.05, 4.69) is 72.4 Å². The van der Waals surface area contributed by atoms with Crippen molar-refractivity contribution in [3.63, 3.8) is 0 Å². The topological polar surface area (TPSA) is 328 Å². The fourth-order valence-corrected chi connectivity index (χ4v) is 10.3. The van der Waals surface area contributed by atoms with E-state index in [0.717, 1.165) is 43.6 Å². The number of amides is 8. The van der Waals surface area contributed by atoms with Gasteiger partial charge in [0.15, 0.2) is 0 Å². The molecule has 8 amide bonds. The van der Waals surface area contributed by atoms with Gasteiger partial charge in [0, 0.05) is 60.3 Å². The quantitative estimate of drug-likeness (QED) is 0.0229. The molecule has 8 atom stereocenters. The number of thiol groups is 2. The van der Waals surface area contributed by atoms with Gasteiger partial charge in [-0.2, -0.15) is 25.3 Å². The predicted molar refractivity (Wildman–Crippen MR) is 331 cm³/mol. The number of H-pyrrole nitrogens is 1. The van der Waals surface area contributed by atoms with Gasteiger partial charge in [0.25, 0.3) is 0 Å². The number of carbonyl (C=O) groups excluding carboxylic acids is 8. The molecule has 0 saturated heterocycles. The van der Waals surface area contributed by atoms with Gasteiger partial charge in [-0.05, 0) is 94.1 Å². The average molecular weight is 1180 g/mol. The smallest absolute Gasteiger partial charge is 0.244 e. The summed E-state index contributed by atoms with van der Waals surface area (Å²) in [7, 11) is 0. The number of fused-ring (bicyclic) bond motifs is 3. The largest absolute Gasteiger partial charge is 0.368 e. The van der Waals surface area contributed by atoms with Crippen molar-refractivity contribution in [3.8, 4) is 0 Å². The van der Waals surface area contributed by atoms with Crippen LogP contribution in [-0.4, -0.2) is 124 Å². The lowest BCUT2D eigenvalue weighted by atomic mass is 10.00. The van der Waals surface area contributed by atoms with Crippen molar-refractivity contribution < 1.29 is 38.4 Å². The molecule has 0 aliphatic rings. The van der Waals surface area contributed by atoms with Crippen molar-refractivity contribution in [2.75, 3.05) is 18.1 Å². The number of para-hydroxylation sites is 1. The van der Waals surface area contributed by atoms with Crippen LogP contribution < -0.4 is 54.4 Å². The maximum atomic E-state index is 14.9. The molecule has 7 aromatic rings. The molecule has 84 heavy (non-hydrogen) atoms. The zero-order valence-corrected chi connectivity index (χ0v) is 48.7. The van der Waals surface area contributed by atoms with Gasteiger partial charge in [-0.15, -0.1) is 0 Å². The summed E-state index contributed by atoms with van der Waals surface area (Å²) in [6, 6.07) is 27.8. The Bertz CT molecular complexity index is 3440. The van der Waals surface area contributed by atoms with Crippen LogP contribution in [0, 0.1) is 5.92 Å². The molecule has 0 aliphatic heterocycles. The van der Waals surface area contributed by atoms with E-state index in [4.69, 9.17) is 17.2 Å². The van der Waals surface area contributed by atoms with Crippen LogP contribution in [-0.2, 0) is 64.0 Å². The number of nitrogens with one attached hydrogen (secondary N) is 8. The molecule has 0 fully saturated rings. The third-order valence-electron chi connectivity index (χ3n) is 14.5. The van der Waals surface area contributed by atoms with Crippen molar-refractivity contribution in [2.45, 2.75) is 107 Å². The molecule has 7 rings (SSSR count). The highest BCUT2D eigenvalue weighted by atomic mass is 32.1. The molecule has 5 aromatic carbocycles. The third-order valence-corrected chi connectivity index (χ3v) is 15.2. The molecule has 0 bridgehead atoms. The minimum Gasteiger partial charge on any atom is -0.368 e. The molecule has 22 heteroatoms. The zero-order chi connectivity index (χ0) is 60.3. The summed E-state index contributed by atoms with van der Waals surface area (Å²) in [6.07, 6.45) is 5.82. The fraction of sp³-hybridized carbons (Fsp3) is 0.339. The third kappa shape index (κ3) is 17.6. The Labute approximate surface area is 498 Å². The molecule has 0 radical (unpaired) electrons. The number of primary amides is 1. The van der Waals surface area contributed by atoms with Crippen molar-refractivity contribution >= 4 is 105 Å². The number of nitrogens with zero attached hydrogens (tertiary/aromatic N) is 1. The van der Waals surface area contributed by atoms with Gasteiger partial charge in [0.05, 0.1) is 6.04 Å². The van der Waals surface area contributed by atoms with E-state index in [1.807, 2.05) is 109 Å². The number of unbranched alkanes of at least 4 members (excludes halogenated alkanes) is 1. The molecule has 20 nitrogen and oxygen atoms in total. The van der Waals surface area contributed by atoms with Gasteiger partial charge in [-0.1, -0.05) is 123 Å². The molecular weight excluding hydrogens is 1100 g/mol. The number of rotatable bonds is 30. The number of benzene rings is 5. The first kappa shape index (κ1) is 63.3. The Balaban J connectivity index is 1.07. The zero-order valence-electron chi connectivity index (χ0n) is 46.9. The Morgan fingerprint density at radius 3 is 1.58 bits per heavy atom. The van der Waals surface area contributed by atoms with E-state index in [1.165, 1.54) is 6.20 Å². The first-order valence-electron chi connectivity index (χ1n) is 27.9. The van der Waals surface area contributed by atoms with Crippen LogP contribution in [0.3, 0.4) is 0 Å². The van der Waals surface area contributed by atoms with Gasteiger partial charge in [-0.25, -0.2) is 0 Å². The molecule has 2 heterocycles. The summed E-state index contributed by atoms with van der Waals surface area (Å²) >= 11 is 8.72. The highest BCUT2D eigenvalue weighted by molar-refractivity contribution is 7.80. The lowest BCUT2D eigenvalue weighted by molar-refractivity contribution is -0.136. The van der Waals surface area contributed by atoms with Crippen LogP contribution in [0.4, 0.5) is 0 Å². The molecule has 2 aromatic heterocycles. The van der Waals surface area contributed by atoms with E-state index in [-0.39, 0.29) is 50.2 Å². The summed E-state index contributed by atoms with van der Waals surface area (Å²) in [5.41, 5.74) is 21.6. The molecular formula is C62H74N12O8S2. The van der Waals surface area contributed by atoms with E-state index in [0.29, 0.717) is 24.0 Å². The van der Waals surface area contributed by atoms with Gasteiger partial charge >= 0.3 is 0 Å². The SMILES string of the molecule is CC(C)C(NC(=O)[C@H](CCCCN)NC(=O)[C@@H](Cc1c[nH]c2ccccc12)NC(=O)[C@H](Cc1cccnc1)NC(=O)[C@@H](CS)NC(=O)[C@@H](N)Cc1ccc2ccccc2c1)C(=O)N[C@@H](CS)C(=O)N[C@@H](Cc1ccc2ccccc2c1)C(N)=O. The van der Waals surface area contributed by atoms with Crippen molar-refractivity contribution in [3.05, 3.63) is 162 Å². The second-order valence-corrected chi connectivity index (χ2v) is 21.9. The van der Waals surface area contributed by atoms with Crippen LogP contribution in [0.25, 0.3) is 32.4 Å². The fourth-order valence-electron chi connectivity index (χ4n) is 9.80. The van der Waals surface area contributed by atoms with E-state index >= 15 is 0 Å². The molecule has 0 spiro atoms. The summed E-state index contributed by atoms with van der Waals surface area (Å²) in [5.74, 6) is -6.76. The summed E-state index contributed by atoms with van der Waals surface area (Å²) < 4.78 is 0. The summed E-state index contributed by atoms with van der Waals surface area (Å²) in [6.45, 7) is 3.67. The highest BCUT2D eigenvalue weighted by Gasteiger charge is 2.35. The normalized spacial score (nSPS) is 14.2. The minimum absolute atomic E-state index is 0.0742.